The van der Waals surface area contributed by atoms with Crippen LogP contribution >= 0.6 is 0 Å². The number of nitrogens with zero attached hydrogens (tertiary/aromatic N) is 1. The van der Waals surface area contributed by atoms with E-state index in [2.05, 4.69) is 66.6 Å². The molecule has 0 unspecified atom stereocenters. The zero-order valence-corrected chi connectivity index (χ0v) is 11.5. The maximum absolute atomic E-state index is 2.42. The summed E-state index contributed by atoms with van der Waals surface area (Å²) >= 11 is 0. The van der Waals surface area contributed by atoms with E-state index in [-0.39, 0.29) is 0 Å². The van der Waals surface area contributed by atoms with Gasteiger partial charge in [0.2, 0.25) is 0 Å². The van der Waals surface area contributed by atoms with Gasteiger partial charge >= 0.3 is 0 Å². The first-order valence-corrected chi connectivity index (χ1v) is 7.17. The van der Waals surface area contributed by atoms with Crippen LogP contribution < -0.4 is 0 Å². The van der Waals surface area contributed by atoms with Gasteiger partial charge in [0, 0.05) is 0 Å². The van der Waals surface area contributed by atoms with Crippen LogP contribution in [-0.4, -0.2) is 25.0 Å². The van der Waals surface area contributed by atoms with Crippen molar-refractivity contribution in [1.29, 1.82) is 0 Å². The van der Waals surface area contributed by atoms with E-state index in [0.717, 1.165) is 5.92 Å². The van der Waals surface area contributed by atoms with E-state index in [1.165, 1.54) is 42.3 Å². The molecule has 2 aromatic carbocycles. The Kier molecular flexibility index (Phi) is 3.65. The summed E-state index contributed by atoms with van der Waals surface area (Å²) in [6.07, 6.45) is 7.31. The molecule has 0 atom stereocenters. The molecule has 0 aliphatic carbocycles. The summed E-state index contributed by atoms with van der Waals surface area (Å²) in [4.78, 5) is 2.42. The number of hydrogen-bond acceptors (Lipinski definition) is 1. The lowest BCUT2D eigenvalue weighted by Gasteiger charge is -2.26. The van der Waals surface area contributed by atoms with Crippen molar-refractivity contribution in [3.8, 4) is 0 Å². The zero-order chi connectivity index (χ0) is 13.1. The van der Waals surface area contributed by atoms with Crippen molar-refractivity contribution in [3.05, 3.63) is 54.1 Å². The molecule has 0 bridgehead atoms. The monoisotopic (exact) mass is 251 g/mol. The van der Waals surface area contributed by atoms with E-state index in [1.54, 1.807) is 0 Å². The van der Waals surface area contributed by atoms with Crippen molar-refractivity contribution in [2.45, 2.75) is 12.8 Å². The van der Waals surface area contributed by atoms with Gasteiger partial charge in [-0.25, -0.2) is 0 Å². The molecule has 1 heteroatoms. The maximum Gasteiger partial charge on any atom is -0.00162 e. The molecular formula is C18H21N. The standard InChI is InChI=1S/C18H21N/c1-19-13-11-15(12-14-19)9-10-17-7-4-6-16-5-2-3-8-18(16)17/h2-10,15H,11-14H2,1H3. The molecule has 98 valence electrons. The predicted octanol–water partition coefficient (Wildman–Crippen LogP) is 4.19. The Labute approximate surface area is 115 Å². The van der Waals surface area contributed by atoms with Crippen LogP contribution in [0.25, 0.3) is 16.8 Å². The topological polar surface area (TPSA) is 3.24 Å². The third-order valence-electron chi connectivity index (χ3n) is 4.13. The summed E-state index contributed by atoms with van der Waals surface area (Å²) in [5.74, 6) is 0.746. The SMILES string of the molecule is CN1CCC(C=Cc2cccc3ccccc23)CC1. The second-order valence-corrected chi connectivity index (χ2v) is 5.57. The second-order valence-electron chi connectivity index (χ2n) is 5.57. The van der Waals surface area contributed by atoms with E-state index in [9.17, 15) is 0 Å². The average Bonchev–Trinajstić information content (AvgIpc) is 2.47. The normalized spacial score (nSPS) is 18.4. The molecule has 0 N–H and O–H groups in total. The van der Waals surface area contributed by atoms with Crippen molar-refractivity contribution in [2.75, 3.05) is 20.1 Å². The van der Waals surface area contributed by atoms with Crippen LogP contribution in [0.4, 0.5) is 0 Å². The highest BCUT2D eigenvalue weighted by molar-refractivity contribution is 5.90. The van der Waals surface area contributed by atoms with E-state index in [4.69, 9.17) is 0 Å². The van der Waals surface area contributed by atoms with Gasteiger partial charge in [-0.15, -0.1) is 0 Å². The first kappa shape index (κ1) is 12.4. The Morgan fingerprint density at radius 1 is 1.00 bits per heavy atom. The minimum absolute atomic E-state index is 0.746. The molecule has 0 amide bonds. The molecule has 1 saturated heterocycles. The predicted molar refractivity (Wildman–Crippen MR) is 83.2 cm³/mol. The van der Waals surface area contributed by atoms with Crippen LogP contribution in [0.1, 0.15) is 18.4 Å². The number of rotatable bonds is 2. The first-order valence-electron chi connectivity index (χ1n) is 7.17. The number of piperidine rings is 1. The van der Waals surface area contributed by atoms with Crippen molar-refractivity contribution in [3.63, 3.8) is 0 Å². The summed E-state index contributed by atoms with van der Waals surface area (Å²) in [6, 6.07) is 15.2. The minimum atomic E-state index is 0.746. The van der Waals surface area contributed by atoms with E-state index >= 15 is 0 Å². The third-order valence-corrected chi connectivity index (χ3v) is 4.13. The molecule has 1 heterocycles. The molecule has 0 saturated carbocycles. The molecule has 0 radical (unpaired) electrons. The number of allylic oxidation sites excluding steroid dienone is 1. The van der Waals surface area contributed by atoms with Crippen LogP contribution in [0, 0.1) is 5.92 Å². The Bertz CT molecular complexity index is 572. The van der Waals surface area contributed by atoms with Gasteiger partial charge in [-0.05, 0) is 55.2 Å². The van der Waals surface area contributed by atoms with Crippen LogP contribution in [0.2, 0.25) is 0 Å². The summed E-state index contributed by atoms with van der Waals surface area (Å²) in [5.41, 5.74) is 1.34. The molecule has 1 nitrogen and oxygen atoms in total. The van der Waals surface area contributed by atoms with Crippen LogP contribution in [0.15, 0.2) is 48.5 Å². The summed E-state index contributed by atoms with van der Waals surface area (Å²) in [6.45, 7) is 2.45. The van der Waals surface area contributed by atoms with Crippen LogP contribution in [0.5, 0.6) is 0 Å². The lowest BCUT2D eigenvalue weighted by atomic mass is 9.95. The fourth-order valence-corrected chi connectivity index (χ4v) is 2.86. The van der Waals surface area contributed by atoms with E-state index in [0.29, 0.717) is 0 Å². The number of fused-ring (bicyclic) bond motifs is 1. The van der Waals surface area contributed by atoms with Crippen molar-refractivity contribution < 1.29 is 0 Å². The number of likely N-dealkylation sites (tertiary alicyclic amines) is 1. The summed E-state index contributed by atoms with van der Waals surface area (Å²) in [5, 5.41) is 2.68. The maximum atomic E-state index is 2.42. The smallest absolute Gasteiger partial charge is 0.00162 e. The van der Waals surface area contributed by atoms with Gasteiger partial charge in [-0.1, -0.05) is 54.6 Å². The second kappa shape index (κ2) is 5.58. The highest BCUT2D eigenvalue weighted by Gasteiger charge is 2.13. The fraction of sp³-hybridized carbons (Fsp3) is 0.333. The van der Waals surface area contributed by atoms with Gasteiger partial charge < -0.3 is 4.90 Å². The molecule has 0 aromatic heterocycles. The molecular weight excluding hydrogens is 230 g/mol. The van der Waals surface area contributed by atoms with Crippen molar-refractivity contribution in [1.82, 2.24) is 4.90 Å². The molecule has 1 fully saturated rings. The Hall–Kier alpha value is -1.60. The molecule has 3 rings (SSSR count). The number of hydrogen-bond donors (Lipinski definition) is 0. The summed E-state index contributed by atoms with van der Waals surface area (Å²) < 4.78 is 0. The van der Waals surface area contributed by atoms with Gasteiger partial charge in [-0.3, -0.25) is 0 Å². The quantitative estimate of drug-likeness (QED) is 0.773. The Morgan fingerprint density at radius 2 is 1.74 bits per heavy atom. The molecule has 19 heavy (non-hydrogen) atoms. The molecule has 1 aliphatic heterocycles. The lowest BCUT2D eigenvalue weighted by Crippen LogP contribution is -2.29. The van der Waals surface area contributed by atoms with E-state index in [1.807, 2.05) is 0 Å². The largest absolute Gasteiger partial charge is 0.306 e. The van der Waals surface area contributed by atoms with Gasteiger partial charge in [-0.2, -0.15) is 0 Å². The molecule has 1 aliphatic rings. The first-order chi connectivity index (χ1) is 9.33. The highest BCUT2D eigenvalue weighted by Crippen LogP contribution is 2.22. The lowest BCUT2D eigenvalue weighted by molar-refractivity contribution is 0.244. The number of benzene rings is 2. The highest BCUT2D eigenvalue weighted by atomic mass is 15.1. The van der Waals surface area contributed by atoms with Gasteiger partial charge in [0.15, 0.2) is 0 Å². The summed E-state index contributed by atoms with van der Waals surface area (Å²) in [7, 11) is 2.21. The minimum Gasteiger partial charge on any atom is -0.306 e. The third kappa shape index (κ3) is 2.87. The average molecular weight is 251 g/mol. The Morgan fingerprint density at radius 3 is 2.58 bits per heavy atom. The zero-order valence-electron chi connectivity index (χ0n) is 11.5. The van der Waals surface area contributed by atoms with E-state index < -0.39 is 0 Å². The molecule has 2 aromatic rings. The van der Waals surface area contributed by atoms with Gasteiger partial charge in [0.05, 0.1) is 0 Å². The van der Waals surface area contributed by atoms with Gasteiger partial charge in [0.25, 0.3) is 0 Å². The van der Waals surface area contributed by atoms with Crippen molar-refractivity contribution in [2.24, 2.45) is 5.92 Å². The Balaban J connectivity index is 1.81. The molecule has 0 spiro atoms. The van der Waals surface area contributed by atoms with Crippen LogP contribution in [0.3, 0.4) is 0 Å². The van der Waals surface area contributed by atoms with Gasteiger partial charge in [0.1, 0.15) is 0 Å². The van der Waals surface area contributed by atoms with Crippen molar-refractivity contribution >= 4 is 16.8 Å². The fourth-order valence-electron chi connectivity index (χ4n) is 2.86. The van der Waals surface area contributed by atoms with Crippen LogP contribution in [-0.2, 0) is 0 Å².